The highest BCUT2D eigenvalue weighted by Gasteiger charge is 2.21. The van der Waals surface area contributed by atoms with Gasteiger partial charge in [-0.1, -0.05) is 12.1 Å². The number of carbonyl (C=O) groups is 1. The molecule has 5 nitrogen and oxygen atoms in total. The normalized spacial score (nSPS) is 12.4. The van der Waals surface area contributed by atoms with Gasteiger partial charge in [-0.05, 0) is 19.1 Å². The molecule has 18 heavy (non-hydrogen) atoms. The van der Waals surface area contributed by atoms with Gasteiger partial charge in [-0.3, -0.25) is 4.79 Å². The number of halogens is 1. The van der Waals surface area contributed by atoms with Crippen molar-refractivity contribution in [1.29, 1.82) is 0 Å². The van der Waals surface area contributed by atoms with E-state index in [2.05, 4.69) is 9.97 Å². The first-order chi connectivity index (χ1) is 8.50. The number of carboxylic acids is 1. The summed E-state index contributed by atoms with van der Waals surface area (Å²) >= 11 is 0. The van der Waals surface area contributed by atoms with E-state index < -0.39 is 17.8 Å². The molecule has 0 amide bonds. The Morgan fingerprint density at radius 1 is 1.50 bits per heavy atom. The number of H-pyrrole nitrogens is 1. The second-order valence-electron chi connectivity index (χ2n) is 3.89. The molecule has 6 heteroatoms. The number of imidazole rings is 1. The summed E-state index contributed by atoms with van der Waals surface area (Å²) in [4.78, 5) is 17.6. The van der Waals surface area contributed by atoms with Gasteiger partial charge in [0.05, 0.1) is 5.69 Å². The lowest BCUT2D eigenvalue weighted by Crippen LogP contribution is -2.21. The van der Waals surface area contributed by atoms with E-state index in [0.717, 1.165) is 0 Å². The Labute approximate surface area is 102 Å². The van der Waals surface area contributed by atoms with Gasteiger partial charge in [-0.15, -0.1) is 0 Å². The third-order valence-corrected chi connectivity index (χ3v) is 2.59. The summed E-state index contributed by atoms with van der Waals surface area (Å²) in [6, 6.07) is 4.91. The van der Waals surface area contributed by atoms with Gasteiger partial charge in [0, 0.05) is 11.3 Å². The molecule has 0 aliphatic heterocycles. The second kappa shape index (κ2) is 4.58. The Bertz CT molecular complexity index is 595. The summed E-state index contributed by atoms with van der Waals surface area (Å²) in [6.07, 6.45) is 0. The van der Waals surface area contributed by atoms with Gasteiger partial charge in [0.25, 0.3) is 0 Å². The molecule has 1 atom stereocenters. The summed E-state index contributed by atoms with van der Waals surface area (Å²) in [5.74, 6) is -1.50. The van der Waals surface area contributed by atoms with E-state index in [0.29, 0.717) is 17.0 Å². The van der Waals surface area contributed by atoms with E-state index in [-0.39, 0.29) is 5.82 Å². The smallest absolute Gasteiger partial charge is 0.328 e. The molecule has 0 aliphatic rings. The fourth-order valence-corrected chi connectivity index (χ4v) is 1.66. The predicted octanol–water partition coefficient (Wildman–Crippen LogP) is 1.61. The average molecular weight is 249 g/mol. The van der Waals surface area contributed by atoms with Crippen molar-refractivity contribution in [3.8, 4) is 11.3 Å². The number of aromatic nitrogens is 2. The highest BCUT2D eigenvalue weighted by molar-refractivity contribution is 5.74. The van der Waals surface area contributed by atoms with Crippen molar-refractivity contribution in [3.05, 3.63) is 41.6 Å². The topological polar surface area (TPSA) is 92.0 Å². The van der Waals surface area contributed by atoms with Crippen molar-refractivity contribution >= 4 is 5.97 Å². The van der Waals surface area contributed by atoms with Crippen molar-refractivity contribution in [3.63, 3.8) is 0 Å². The minimum absolute atomic E-state index is 0.109. The maximum Gasteiger partial charge on any atom is 0.328 e. The SMILES string of the molecule is Cc1[nH]c(C(N)C(=O)O)nc1-c1ccccc1F. The maximum atomic E-state index is 13.6. The van der Waals surface area contributed by atoms with Gasteiger partial charge in [-0.25, -0.2) is 9.37 Å². The molecule has 0 aliphatic carbocycles. The van der Waals surface area contributed by atoms with Crippen molar-refractivity contribution in [2.45, 2.75) is 13.0 Å². The van der Waals surface area contributed by atoms with E-state index in [1.807, 2.05) is 0 Å². The maximum absolute atomic E-state index is 13.6. The number of aryl methyl sites for hydroxylation is 1. The van der Waals surface area contributed by atoms with Crippen molar-refractivity contribution in [2.75, 3.05) is 0 Å². The summed E-state index contributed by atoms with van der Waals surface area (Å²) < 4.78 is 13.6. The molecule has 0 radical (unpaired) electrons. The molecule has 2 aromatic rings. The highest BCUT2D eigenvalue weighted by Crippen LogP contribution is 2.25. The van der Waals surface area contributed by atoms with Crippen LogP contribution in [0.4, 0.5) is 4.39 Å². The van der Waals surface area contributed by atoms with Crippen LogP contribution in [0.15, 0.2) is 24.3 Å². The van der Waals surface area contributed by atoms with Crippen LogP contribution in [0.25, 0.3) is 11.3 Å². The molecule has 0 saturated carbocycles. The highest BCUT2D eigenvalue weighted by atomic mass is 19.1. The van der Waals surface area contributed by atoms with Crippen LogP contribution in [-0.2, 0) is 4.79 Å². The molecule has 0 saturated heterocycles. The van der Waals surface area contributed by atoms with Gasteiger partial charge in [0.1, 0.15) is 11.6 Å². The Balaban J connectivity index is 2.48. The molecular weight excluding hydrogens is 237 g/mol. The van der Waals surface area contributed by atoms with E-state index in [9.17, 15) is 9.18 Å². The van der Waals surface area contributed by atoms with Crippen LogP contribution in [0.5, 0.6) is 0 Å². The summed E-state index contributed by atoms with van der Waals surface area (Å²) in [7, 11) is 0. The van der Waals surface area contributed by atoms with Crippen LogP contribution < -0.4 is 5.73 Å². The minimum Gasteiger partial charge on any atom is -0.480 e. The van der Waals surface area contributed by atoms with Crippen LogP contribution in [0.2, 0.25) is 0 Å². The lowest BCUT2D eigenvalue weighted by molar-refractivity contribution is -0.138. The molecule has 0 bridgehead atoms. The number of aromatic amines is 1. The van der Waals surface area contributed by atoms with Crippen LogP contribution >= 0.6 is 0 Å². The van der Waals surface area contributed by atoms with Crippen molar-refractivity contribution < 1.29 is 14.3 Å². The fourth-order valence-electron chi connectivity index (χ4n) is 1.66. The van der Waals surface area contributed by atoms with Crippen LogP contribution in [0.3, 0.4) is 0 Å². The van der Waals surface area contributed by atoms with Crippen molar-refractivity contribution in [2.24, 2.45) is 5.73 Å². The first-order valence-electron chi connectivity index (χ1n) is 5.30. The third kappa shape index (κ3) is 2.10. The molecule has 94 valence electrons. The van der Waals surface area contributed by atoms with Gasteiger partial charge >= 0.3 is 5.97 Å². The first kappa shape index (κ1) is 12.3. The van der Waals surface area contributed by atoms with Crippen LogP contribution in [-0.4, -0.2) is 21.0 Å². The molecule has 0 fully saturated rings. The zero-order chi connectivity index (χ0) is 13.3. The molecule has 1 unspecified atom stereocenters. The number of hydrogen-bond acceptors (Lipinski definition) is 3. The number of benzene rings is 1. The fraction of sp³-hybridized carbons (Fsp3) is 0.167. The van der Waals surface area contributed by atoms with E-state index >= 15 is 0 Å². The monoisotopic (exact) mass is 249 g/mol. The number of aliphatic carboxylic acids is 1. The molecule has 4 N–H and O–H groups in total. The van der Waals surface area contributed by atoms with Gasteiger partial charge in [0.15, 0.2) is 6.04 Å². The first-order valence-corrected chi connectivity index (χ1v) is 5.30. The molecule has 2 rings (SSSR count). The molecule has 1 aromatic carbocycles. The number of carboxylic acid groups (broad SMARTS) is 1. The van der Waals surface area contributed by atoms with E-state index in [1.165, 1.54) is 6.07 Å². The second-order valence-corrected chi connectivity index (χ2v) is 3.89. The molecule has 0 spiro atoms. The predicted molar refractivity (Wildman–Crippen MR) is 63.3 cm³/mol. The number of nitrogens with zero attached hydrogens (tertiary/aromatic N) is 1. The van der Waals surface area contributed by atoms with Gasteiger partial charge in [-0.2, -0.15) is 0 Å². The number of rotatable bonds is 3. The zero-order valence-corrected chi connectivity index (χ0v) is 9.64. The molecule has 1 heterocycles. The standard InChI is InChI=1S/C12H12FN3O2/c1-6-10(7-4-2-3-5-8(7)13)16-11(15-6)9(14)12(17)18/h2-5,9H,14H2,1H3,(H,15,16)(H,17,18). The lowest BCUT2D eigenvalue weighted by atomic mass is 10.1. The summed E-state index contributed by atoms with van der Waals surface area (Å²) in [5, 5.41) is 8.80. The average Bonchev–Trinajstić information content (AvgIpc) is 2.71. The Morgan fingerprint density at radius 3 is 2.78 bits per heavy atom. The Kier molecular flexibility index (Phi) is 3.12. The quantitative estimate of drug-likeness (QED) is 0.770. The number of nitrogens with one attached hydrogen (secondary N) is 1. The number of nitrogens with two attached hydrogens (primary N) is 1. The van der Waals surface area contributed by atoms with Gasteiger partial charge < -0.3 is 15.8 Å². The molecule has 1 aromatic heterocycles. The lowest BCUT2D eigenvalue weighted by Gasteiger charge is -2.01. The zero-order valence-electron chi connectivity index (χ0n) is 9.64. The summed E-state index contributed by atoms with van der Waals surface area (Å²) in [6.45, 7) is 1.69. The van der Waals surface area contributed by atoms with E-state index in [1.54, 1.807) is 25.1 Å². The van der Waals surface area contributed by atoms with Crippen LogP contribution in [0.1, 0.15) is 17.6 Å². The van der Waals surface area contributed by atoms with Crippen LogP contribution in [0, 0.1) is 12.7 Å². The third-order valence-electron chi connectivity index (χ3n) is 2.59. The molecular formula is C12H12FN3O2. The number of hydrogen-bond donors (Lipinski definition) is 3. The Morgan fingerprint density at radius 2 is 2.17 bits per heavy atom. The Hall–Kier alpha value is -2.21. The summed E-state index contributed by atoms with van der Waals surface area (Å²) in [5.41, 5.74) is 6.71. The minimum atomic E-state index is -1.25. The van der Waals surface area contributed by atoms with E-state index in [4.69, 9.17) is 10.8 Å². The van der Waals surface area contributed by atoms with Crippen molar-refractivity contribution in [1.82, 2.24) is 9.97 Å². The van der Waals surface area contributed by atoms with Gasteiger partial charge in [0.2, 0.25) is 0 Å². The largest absolute Gasteiger partial charge is 0.480 e.